The minimum Gasteiger partial charge on any atom is -0.484 e. The Balaban J connectivity index is 1.16. The third-order valence-corrected chi connectivity index (χ3v) is 7.93. The van der Waals surface area contributed by atoms with Crippen molar-refractivity contribution >= 4 is 23.4 Å². The van der Waals surface area contributed by atoms with Gasteiger partial charge in [0.1, 0.15) is 23.1 Å². The second-order valence-corrected chi connectivity index (χ2v) is 10.4. The van der Waals surface area contributed by atoms with Gasteiger partial charge >= 0.3 is 0 Å². The maximum Gasteiger partial charge on any atom is 0.261 e. The van der Waals surface area contributed by atoms with Gasteiger partial charge in [-0.05, 0) is 80.8 Å². The summed E-state index contributed by atoms with van der Waals surface area (Å²) in [6, 6.07) is 8.20. The molecule has 0 aromatic heterocycles. The molecule has 3 fully saturated rings. The molecule has 3 N–H and O–H groups in total. The van der Waals surface area contributed by atoms with E-state index in [1.165, 1.54) is 30.3 Å². The van der Waals surface area contributed by atoms with E-state index in [1.807, 2.05) is 0 Å². The number of hydrogen-bond acceptors (Lipinski definition) is 5. The highest BCUT2D eigenvalue weighted by Crippen LogP contribution is 2.47. The van der Waals surface area contributed by atoms with Gasteiger partial charge < -0.3 is 25.2 Å². The maximum atomic E-state index is 13.6. The molecular formula is C26H27ClF2N2O5. The lowest BCUT2D eigenvalue weighted by molar-refractivity contribution is -0.140. The first-order chi connectivity index (χ1) is 17.2. The average Bonchev–Trinajstić information content (AvgIpc) is 2.85. The summed E-state index contributed by atoms with van der Waals surface area (Å²) in [7, 11) is 0. The topological polar surface area (TPSA) is 96.9 Å². The van der Waals surface area contributed by atoms with E-state index < -0.39 is 29.1 Å². The third-order valence-electron chi connectivity index (χ3n) is 7.62. The summed E-state index contributed by atoms with van der Waals surface area (Å²) in [5, 5.41) is 17.0. The molecule has 3 saturated carbocycles. The highest BCUT2D eigenvalue weighted by Gasteiger charge is 2.55. The van der Waals surface area contributed by atoms with E-state index in [0.29, 0.717) is 50.7 Å². The average molecular weight is 521 g/mol. The number of rotatable bonds is 6. The second kappa shape index (κ2) is 9.52. The zero-order valence-electron chi connectivity index (χ0n) is 19.5. The summed E-state index contributed by atoms with van der Waals surface area (Å²) >= 11 is 5.66. The van der Waals surface area contributed by atoms with Gasteiger partial charge in [-0.15, -0.1) is 0 Å². The van der Waals surface area contributed by atoms with Crippen LogP contribution in [0.5, 0.6) is 11.5 Å². The molecule has 0 radical (unpaired) electrons. The van der Waals surface area contributed by atoms with E-state index in [4.69, 9.17) is 21.1 Å². The number of benzene rings is 2. The van der Waals surface area contributed by atoms with E-state index >= 15 is 0 Å². The highest BCUT2D eigenvalue weighted by atomic mass is 35.5. The fourth-order valence-electron chi connectivity index (χ4n) is 5.58. The number of ether oxygens (including phenoxy) is 2. The van der Waals surface area contributed by atoms with Gasteiger partial charge in [-0.3, -0.25) is 9.59 Å². The molecule has 7 nitrogen and oxygen atoms in total. The molecule has 2 aromatic rings. The number of aliphatic hydroxyl groups excluding tert-OH is 1. The van der Waals surface area contributed by atoms with Crippen molar-refractivity contribution in [2.45, 2.75) is 68.2 Å². The molecule has 1 aliphatic heterocycles. The predicted molar refractivity (Wildman–Crippen MR) is 127 cm³/mol. The van der Waals surface area contributed by atoms with Gasteiger partial charge in [-0.2, -0.15) is 0 Å². The lowest BCUT2D eigenvalue weighted by Gasteiger charge is -2.56. The first-order valence-electron chi connectivity index (χ1n) is 12.0. The molecule has 1 unspecified atom stereocenters. The number of amides is 2. The van der Waals surface area contributed by atoms with Gasteiger partial charge in [0.25, 0.3) is 11.8 Å². The van der Waals surface area contributed by atoms with Crippen molar-refractivity contribution in [2.75, 3.05) is 6.61 Å². The Hall–Kier alpha value is -2.91. The van der Waals surface area contributed by atoms with Crippen LogP contribution in [0.25, 0.3) is 0 Å². The van der Waals surface area contributed by atoms with Crippen LogP contribution in [0.3, 0.4) is 0 Å². The van der Waals surface area contributed by atoms with Crippen molar-refractivity contribution in [1.29, 1.82) is 0 Å². The second-order valence-electron chi connectivity index (χ2n) is 9.96. The Morgan fingerprint density at radius 2 is 1.89 bits per heavy atom. The molecular weight excluding hydrogens is 494 g/mol. The summed E-state index contributed by atoms with van der Waals surface area (Å²) in [5.74, 6) is -0.957. The fourth-order valence-corrected chi connectivity index (χ4v) is 5.69. The number of aliphatic hydroxyl groups is 1. The SMILES string of the molecule is O=C(COc1ccc(Cl)c(F)c1)NC12CCC(NC(=O)C3CCc4cc(F)ccc4O3)(CC1)[C@H](O)C2. The van der Waals surface area contributed by atoms with Crippen LogP contribution >= 0.6 is 11.6 Å². The van der Waals surface area contributed by atoms with Crippen LogP contribution < -0.4 is 20.1 Å². The lowest BCUT2D eigenvalue weighted by Crippen LogP contribution is -2.71. The van der Waals surface area contributed by atoms with Gasteiger partial charge in [0, 0.05) is 11.6 Å². The lowest BCUT2D eigenvalue weighted by atomic mass is 9.59. The summed E-state index contributed by atoms with van der Waals surface area (Å²) in [5.41, 5.74) is -0.645. The number of nitrogens with one attached hydrogen (secondary N) is 2. The van der Waals surface area contributed by atoms with Gasteiger partial charge in [0.2, 0.25) is 0 Å². The molecule has 2 aromatic carbocycles. The quantitative estimate of drug-likeness (QED) is 0.542. The highest BCUT2D eigenvalue weighted by molar-refractivity contribution is 6.30. The van der Waals surface area contributed by atoms with Crippen molar-refractivity contribution in [3.63, 3.8) is 0 Å². The number of aryl methyl sites for hydroxylation is 1. The first kappa shape index (κ1) is 24.8. The van der Waals surface area contributed by atoms with E-state index in [0.717, 1.165) is 11.6 Å². The minimum atomic E-state index is -0.847. The Bertz CT molecular complexity index is 1180. The molecule has 6 rings (SSSR count). The molecule has 3 aliphatic carbocycles. The van der Waals surface area contributed by atoms with Gasteiger partial charge in [0.05, 0.1) is 16.7 Å². The van der Waals surface area contributed by atoms with Crippen molar-refractivity contribution in [3.8, 4) is 11.5 Å². The Kier molecular flexibility index (Phi) is 6.55. The maximum absolute atomic E-state index is 13.6. The Labute approximate surface area is 212 Å². The molecule has 4 aliphatic rings. The summed E-state index contributed by atoms with van der Waals surface area (Å²) in [6.45, 7) is -0.300. The van der Waals surface area contributed by atoms with Crippen LogP contribution in [-0.2, 0) is 16.0 Å². The van der Waals surface area contributed by atoms with Crippen LogP contribution in [0.1, 0.15) is 44.1 Å². The van der Waals surface area contributed by atoms with Crippen LogP contribution in [0.15, 0.2) is 36.4 Å². The van der Waals surface area contributed by atoms with Crippen LogP contribution in [0, 0.1) is 11.6 Å². The van der Waals surface area contributed by atoms with Crippen molar-refractivity contribution in [3.05, 3.63) is 58.6 Å². The van der Waals surface area contributed by atoms with E-state index in [1.54, 1.807) is 0 Å². The minimum absolute atomic E-state index is 0.0325. The fraction of sp³-hybridized carbons (Fsp3) is 0.462. The van der Waals surface area contributed by atoms with Gasteiger partial charge in [-0.25, -0.2) is 8.78 Å². The zero-order chi connectivity index (χ0) is 25.5. The molecule has 0 saturated heterocycles. The van der Waals surface area contributed by atoms with Crippen molar-refractivity contribution < 1.29 is 33.0 Å². The monoisotopic (exact) mass is 520 g/mol. The molecule has 1 heterocycles. The summed E-state index contributed by atoms with van der Waals surface area (Å²) in [6.07, 6.45) is 1.84. The van der Waals surface area contributed by atoms with E-state index in [2.05, 4.69) is 10.6 Å². The normalized spacial score (nSPS) is 28.6. The standard InChI is InChI=1S/C26H27ClF2N2O5/c27-18-4-3-17(12-19(18)29)35-14-23(33)30-25-7-9-26(10-8-25,22(32)13-25)31-24(34)21-5-1-15-11-16(28)2-6-20(15)36-21/h2-4,6,11-12,21-22,32H,1,5,7-10,13-14H2,(H,30,33)(H,31,34)/t21?,22-,25?,26?/m1/s1. The van der Waals surface area contributed by atoms with Crippen LogP contribution in [0.2, 0.25) is 5.02 Å². The summed E-state index contributed by atoms with van der Waals surface area (Å²) < 4.78 is 38.2. The zero-order valence-corrected chi connectivity index (χ0v) is 20.2. The predicted octanol–water partition coefficient (Wildman–Crippen LogP) is 3.44. The molecule has 192 valence electrons. The number of fused-ring (bicyclic) bond motifs is 4. The Morgan fingerprint density at radius 3 is 2.61 bits per heavy atom. The molecule has 0 spiro atoms. The van der Waals surface area contributed by atoms with Gasteiger partial charge in [-0.1, -0.05) is 11.6 Å². The number of carbonyl (C=O) groups is 2. The smallest absolute Gasteiger partial charge is 0.261 e. The van der Waals surface area contributed by atoms with E-state index in [9.17, 15) is 23.5 Å². The number of carbonyl (C=O) groups excluding carboxylic acids is 2. The van der Waals surface area contributed by atoms with Crippen LogP contribution in [-0.4, -0.2) is 46.8 Å². The molecule has 2 amide bonds. The van der Waals surface area contributed by atoms with Crippen LogP contribution in [0.4, 0.5) is 8.78 Å². The van der Waals surface area contributed by atoms with Crippen molar-refractivity contribution in [2.24, 2.45) is 0 Å². The first-order valence-corrected chi connectivity index (χ1v) is 12.4. The number of hydrogen-bond donors (Lipinski definition) is 3. The summed E-state index contributed by atoms with van der Waals surface area (Å²) in [4.78, 5) is 25.6. The third kappa shape index (κ3) is 4.86. The van der Waals surface area contributed by atoms with E-state index in [-0.39, 0.29) is 35.0 Å². The Morgan fingerprint density at radius 1 is 1.11 bits per heavy atom. The van der Waals surface area contributed by atoms with Crippen molar-refractivity contribution in [1.82, 2.24) is 10.6 Å². The molecule has 2 atom stereocenters. The molecule has 36 heavy (non-hydrogen) atoms. The van der Waals surface area contributed by atoms with Gasteiger partial charge in [0.15, 0.2) is 12.7 Å². The molecule has 2 bridgehead atoms. The number of halogens is 3. The molecule has 10 heteroatoms. The largest absolute Gasteiger partial charge is 0.484 e.